The molecule has 3 aromatic heterocycles. The Hall–Kier alpha value is -3.32. The predicted octanol–water partition coefficient (Wildman–Crippen LogP) is 4.11. The second-order valence-corrected chi connectivity index (χ2v) is 7.11. The third kappa shape index (κ3) is 4.41. The summed E-state index contributed by atoms with van der Waals surface area (Å²) in [7, 11) is 0. The van der Waals surface area contributed by atoms with E-state index in [0.29, 0.717) is 28.7 Å². The highest BCUT2D eigenvalue weighted by atomic mass is 35.5. The molecule has 148 valence electrons. The quantitative estimate of drug-likeness (QED) is 0.466. The van der Waals surface area contributed by atoms with E-state index in [9.17, 15) is 4.79 Å². The van der Waals surface area contributed by atoms with Gasteiger partial charge in [-0.1, -0.05) is 11.6 Å². The Kier molecular flexibility index (Phi) is 5.48. The number of nitrogens with zero attached hydrogens (tertiary/aromatic N) is 4. The van der Waals surface area contributed by atoms with Gasteiger partial charge in [0.05, 0.1) is 18.1 Å². The van der Waals surface area contributed by atoms with Gasteiger partial charge in [-0.15, -0.1) is 0 Å². The minimum absolute atomic E-state index is 0.234. The highest BCUT2D eigenvalue weighted by Crippen LogP contribution is 2.25. The molecule has 1 aromatic carbocycles. The Morgan fingerprint density at radius 2 is 2.07 bits per heavy atom. The molecular weight excluding hydrogens is 390 g/mol. The maximum atomic E-state index is 12.6. The van der Waals surface area contributed by atoms with Crippen LogP contribution in [0.1, 0.15) is 22.5 Å². The van der Waals surface area contributed by atoms with Crippen molar-refractivity contribution in [3.63, 3.8) is 0 Å². The molecule has 0 aliphatic rings. The van der Waals surface area contributed by atoms with Crippen molar-refractivity contribution in [3.8, 4) is 17.1 Å². The number of furan rings is 1. The van der Waals surface area contributed by atoms with E-state index in [2.05, 4.69) is 15.5 Å². The molecule has 0 saturated heterocycles. The molecule has 0 unspecified atom stereocenters. The van der Waals surface area contributed by atoms with E-state index in [1.807, 2.05) is 42.2 Å². The molecule has 0 radical (unpaired) electrons. The Morgan fingerprint density at radius 3 is 2.76 bits per heavy atom. The van der Waals surface area contributed by atoms with Crippen LogP contribution in [0.25, 0.3) is 17.1 Å². The molecule has 8 heteroatoms. The van der Waals surface area contributed by atoms with Crippen molar-refractivity contribution in [1.29, 1.82) is 0 Å². The first kappa shape index (κ1) is 19.0. The fourth-order valence-electron chi connectivity index (χ4n) is 2.99. The van der Waals surface area contributed by atoms with Gasteiger partial charge in [0.1, 0.15) is 5.69 Å². The lowest BCUT2D eigenvalue weighted by Crippen LogP contribution is -2.25. The van der Waals surface area contributed by atoms with Crippen LogP contribution in [0.3, 0.4) is 0 Å². The van der Waals surface area contributed by atoms with Gasteiger partial charge in [-0.2, -0.15) is 10.2 Å². The molecule has 4 aromatic rings. The van der Waals surface area contributed by atoms with Crippen LogP contribution in [-0.4, -0.2) is 32.0 Å². The molecular formula is C21H20ClN5O2. The summed E-state index contributed by atoms with van der Waals surface area (Å²) in [5, 5.41) is 12.3. The van der Waals surface area contributed by atoms with Crippen molar-refractivity contribution in [1.82, 2.24) is 24.9 Å². The van der Waals surface area contributed by atoms with Gasteiger partial charge in [0.25, 0.3) is 5.91 Å². The monoisotopic (exact) mass is 409 g/mol. The number of carbonyl (C=O) groups is 1. The van der Waals surface area contributed by atoms with Crippen LogP contribution >= 0.6 is 11.6 Å². The number of aryl methyl sites for hydroxylation is 2. The fourth-order valence-corrected chi connectivity index (χ4v) is 3.12. The lowest BCUT2D eigenvalue weighted by atomic mass is 10.2. The third-order valence-corrected chi connectivity index (χ3v) is 4.65. The lowest BCUT2D eigenvalue weighted by molar-refractivity contribution is 0.0947. The van der Waals surface area contributed by atoms with Gasteiger partial charge < -0.3 is 9.73 Å². The SMILES string of the molecule is Cc1cnn(CCCNC(=O)c2cc(-c3ccco3)n(-c3ccc(Cl)cc3)n2)c1. The summed E-state index contributed by atoms with van der Waals surface area (Å²) < 4.78 is 9.06. The molecule has 7 nitrogen and oxygen atoms in total. The van der Waals surface area contributed by atoms with E-state index < -0.39 is 0 Å². The van der Waals surface area contributed by atoms with Crippen LogP contribution in [-0.2, 0) is 6.54 Å². The summed E-state index contributed by atoms with van der Waals surface area (Å²) in [6.45, 7) is 3.27. The van der Waals surface area contributed by atoms with Gasteiger partial charge in [0, 0.05) is 30.4 Å². The minimum atomic E-state index is -0.234. The van der Waals surface area contributed by atoms with Crippen LogP contribution in [0.15, 0.2) is 65.5 Å². The van der Waals surface area contributed by atoms with E-state index >= 15 is 0 Å². The van der Waals surface area contributed by atoms with Crippen LogP contribution in [0, 0.1) is 6.92 Å². The van der Waals surface area contributed by atoms with E-state index in [0.717, 1.165) is 24.2 Å². The maximum absolute atomic E-state index is 12.6. The van der Waals surface area contributed by atoms with Crippen molar-refractivity contribution in [2.75, 3.05) is 6.54 Å². The summed E-state index contributed by atoms with van der Waals surface area (Å²) in [5.74, 6) is 0.391. The van der Waals surface area contributed by atoms with Gasteiger partial charge in [-0.3, -0.25) is 9.48 Å². The average molecular weight is 410 g/mol. The van der Waals surface area contributed by atoms with Crippen LogP contribution in [0.5, 0.6) is 0 Å². The van der Waals surface area contributed by atoms with Crippen molar-refractivity contribution in [2.45, 2.75) is 19.9 Å². The van der Waals surface area contributed by atoms with E-state index in [1.54, 1.807) is 35.2 Å². The molecule has 0 saturated carbocycles. The molecule has 1 N–H and O–H groups in total. The molecule has 0 bridgehead atoms. The summed E-state index contributed by atoms with van der Waals surface area (Å²) in [6.07, 6.45) is 6.16. The standard InChI is InChI=1S/C21H20ClN5O2/c1-15-13-24-26(14-15)10-3-9-23-21(28)18-12-19(20-4-2-11-29-20)27(25-18)17-7-5-16(22)6-8-17/h2,4-8,11-14H,3,9-10H2,1H3,(H,23,28). The first-order chi connectivity index (χ1) is 14.1. The van der Waals surface area contributed by atoms with Gasteiger partial charge >= 0.3 is 0 Å². The third-order valence-electron chi connectivity index (χ3n) is 4.40. The number of halogens is 1. The predicted molar refractivity (Wildman–Crippen MR) is 110 cm³/mol. The zero-order valence-electron chi connectivity index (χ0n) is 15.9. The number of amides is 1. The molecule has 3 heterocycles. The summed E-state index contributed by atoms with van der Waals surface area (Å²) >= 11 is 5.99. The molecule has 0 aliphatic heterocycles. The zero-order chi connectivity index (χ0) is 20.2. The highest BCUT2D eigenvalue weighted by Gasteiger charge is 2.18. The minimum Gasteiger partial charge on any atom is -0.463 e. The average Bonchev–Trinajstić information content (AvgIpc) is 3.46. The molecule has 29 heavy (non-hydrogen) atoms. The summed E-state index contributed by atoms with van der Waals surface area (Å²) in [6, 6.07) is 12.6. The molecule has 0 atom stereocenters. The van der Waals surface area contributed by atoms with Gasteiger partial charge in [-0.05, 0) is 55.3 Å². The highest BCUT2D eigenvalue weighted by molar-refractivity contribution is 6.30. The van der Waals surface area contributed by atoms with Crippen molar-refractivity contribution in [3.05, 3.63) is 77.4 Å². The molecule has 0 aliphatic carbocycles. The number of aromatic nitrogens is 4. The number of nitrogens with one attached hydrogen (secondary N) is 1. The number of benzene rings is 1. The molecule has 0 fully saturated rings. The Labute approximate surface area is 172 Å². The van der Waals surface area contributed by atoms with Crippen LogP contribution < -0.4 is 5.32 Å². The summed E-state index contributed by atoms with van der Waals surface area (Å²) in [5.41, 5.74) is 2.91. The van der Waals surface area contributed by atoms with Crippen molar-refractivity contribution < 1.29 is 9.21 Å². The zero-order valence-corrected chi connectivity index (χ0v) is 16.6. The van der Waals surface area contributed by atoms with E-state index in [-0.39, 0.29) is 5.91 Å². The van der Waals surface area contributed by atoms with Crippen LogP contribution in [0.4, 0.5) is 0 Å². The molecule has 4 rings (SSSR count). The Balaban J connectivity index is 1.49. The lowest BCUT2D eigenvalue weighted by Gasteiger charge is -2.05. The van der Waals surface area contributed by atoms with Gasteiger partial charge in [0.15, 0.2) is 11.5 Å². The topological polar surface area (TPSA) is 77.9 Å². The number of hydrogen-bond donors (Lipinski definition) is 1. The van der Waals surface area contributed by atoms with E-state index in [1.165, 1.54) is 0 Å². The fraction of sp³-hybridized carbons (Fsp3) is 0.190. The second kappa shape index (κ2) is 8.36. The van der Waals surface area contributed by atoms with Crippen molar-refractivity contribution >= 4 is 17.5 Å². The van der Waals surface area contributed by atoms with E-state index in [4.69, 9.17) is 16.0 Å². The first-order valence-corrected chi connectivity index (χ1v) is 9.65. The number of carbonyl (C=O) groups excluding carboxylic acids is 1. The van der Waals surface area contributed by atoms with Crippen LogP contribution in [0.2, 0.25) is 5.02 Å². The Bertz CT molecular complexity index is 1100. The number of rotatable bonds is 7. The van der Waals surface area contributed by atoms with Gasteiger partial charge in [-0.25, -0.2) is 4.68 Å². The first-order valence-electron chi connectivity index (χ1n) is 9.27. The largest absolute Gasteiger partial charge is 0.463 e. The maximum Gasteiger partial charge on any atom is 0.271 e. The molecule has 0 spiro atoms. The molecule has 1 amide bonds. The normalized spacial score (nSPS) is 11.0. The summed E-state index contributed by atoms with van der Waals surface area (Å²) in [4.78, 5) is 12.6. The Morgan fingerprint density at radius 1 is 1.24 bits per heavy atom. The number of hydrogen-bond acceptors (Lipinski definition) is 4. The van der Waals surface area contributed by atoms with Gasteiger partial charge in [0.2, 0.25) is 0 Å². The second-order valence-electron chi connectivity index (χ2n) is 6.67. The smallest absolute Gasteiger partial charge is 0.271 e. The van der Waals surface area contributed by atoms with Crippen molar-refractivity contribution in [2.24, 2.45) is 0 Å².